The summed E-state index contributed by atoms with van der Waals surface area (Å²) in [6.07, 6.45) is 53.2. The van der Waals surface area contributed by atoms with Crippen LogP contribution < -0.4 is 0 Å². The molecule has 0 amide bonds. The molecular weight excluding hydrogens is 1050 g/mol. The van der Waals surface area contributed by atoms with E-state index in [4.69, 9.17) is 28.4 Å². The molecule has 7 N–H and O–H groups in total. The van der Waals surface area contributed by atoms with Crippen molar-refractivity contribution in [3.63, 3.8) is 0 Å². The van der Waals surface area contributed by atoms with Crippen LogP contribution in [0, 0.1) is 0 Å². The number of ether oxygens (including phenoxy) is 6. The third-order valence-corrected chi connectivity index (χ3v) is 16.3. The fourth-order valence-electron chi connectivity index (χ4n) is 10.8. The Morgan fingerprint density at radius 3 is 1.18 bits per heavy atom. The Bertz CT molecular complexity index is 1560. The lowest BCUT2D eigenvalue weighted by molar-refractivity contribution is -0.332. The Hall–Kier alpha value is -2.05. The summed E-state index contributed by atoms with van der Waals surface area (Å²) in [5.74, 6) is -0.374. The van der Waals surface area contributed by atoms with Crippen LogP contribution in [0.5, 0.6) is 0 Å². The van der Waals surface area contributed by atoms with Gasteiger partial charge in [-0.05, 0) is 77.0 Å². The molecule has 2 fully saturated rings. The average molecular weight is 1180 g/mol. The molecule has 14 nitrogen and oxygen atoms in total. The molecule has 486 valence electrons. The third-order valence-electron chi connectivity index (χ3n) is 16.3. The van der Waals surface area contributed by atoms with E-state index in [1.165, 1.54) is 205 Å². The topological polar surface area (TPSA) is 214 Å². The van der Waals surface area contributed by atoms with Crippen molar-refractivity contribution in [2.75, 3.05) is 33.0 Å². The number of aliphatic hydroxyl groups is 7. The number of carbonyl (C=O) groups is 1. The fraction of sp³-hybridized carbons (Fsp3) is 0.870. The molecule has 2 aliphatic rings. The van der Waals surface area contributed by atoms with E-state index >= 15 is 0 Å². The van der Waals surface area contributed by atoms with Crippen LogP contribution in [0.4, 0.5) is 0 Å². The molecular formula is C69H126O14. The van der Waals surface area contributed by atoms with Gasteiger partial charge in [0.25, 0.3) is 0 Å². The van der Waals surface area contributed by atoms with E-state index in [9.17, 15) is 40.5 Å². The van der Waals surface area contributed by atoms with E-state index in [-0.39, 0.29) is 25.6 Å². The molecule has 0 aromatic carbocycles. The van der Waals surface area contributed by atoms with Gasteiger partial charge in [0.05, 0.1) is 26.4 Å². The van der Waals surface area contributed by atoms with Gasteiger partial charge in [0.2, 0.25) is 0 Å². The molecule has 2 rings (SSSR count). The normalized spacial score (nSPS) is 23.7. The molecule has 0 aliphatic carbocycles. The minimum atomic E-state index is -1.71. The van der Waals surface area contributed by atoms with Gasteiger partial charge < -0.3 is 64.2 Å². The average Bonchev–Trinajstić information content (AvgIpc) is 3.69. The summed E-state index contributed by atoms with van der Waals surface area (Å²) in [6.45, 7) is 3.72. The van der Waals surface area contributed by atoms with Crippen molar-refractivity contribution in [3.8, 4) is 0 Å². The van der Waals surface area contributed by atoms with Gasteiger partial charge in [-0.2, -0.15) is 0 Å². The Morgan fingerprint density at radius 2 is 0.747 bits per heavy atom. The van der Waals surface area contributed by atoms with Crippen molar-refractivity contribution in [1.29, 1.82) is 0 Å². The van der Waals surface area contributed by atoms with Crippen LogP contribution in [0.25, 0.3) is 0 Å². The van der Waals surface area contributed by atoms with Crippen LogP contribution in [-0.2, 0) is 33.2 Å². The number of hydrogen-bond acceptors (Lipinski definition) is 14. The van der Waals surface area contributed by atoms with E-state index < -0.39 is 80.7 Å². The standard InChI is InChI=1S/C69H126O14/c1-3-5-7-9-11-13-15-17-19-21-23-25-27-28-29-31-33-35-37-39-41-43-45-47-49-51-53-78-55-58(56-79-68-67(77)65(75)63(73)60(83-68)57-80-69-66(76)64(74)62(72)59(54-70)82-69)81-61(71)52-50-48-46-44-42-40-38-36-34-32-30-26-24-22-20-18-16-14-12-10-8-6-4-2/h15,17,21-24,27-28,58-60,62-70,72-77H,3-14,16,18-20,25-26,29-57H2,1-2H3/b17-15-,23-21-,24-22-,28-27-. The lowest BCUT2D eigenvalue weighted by Gasteiger charge is -2.42. The second-order valence-electron chi connectivity index (χ2n) is 24.0. The Morgan fingerprint density at radius 1 is 0.398 bits per heavy atom. The molecule has 14 heteroatoms. The molecule has 0 spiro atoms. The number of allylic oxidation sites excluding steroid dienone is 8. The first-order valence-electron chi connectivity index (χ1n) is 34.2. The van der Waals surface area contributed by atoms with Crippen molar-refractivity contribution < 1.29 is 69.0 Å². The molecule has 0 aromatic heterocycles. The summed E-state index contributed by atoms with van der Waals surface area (Å²) in [4.78, 5) is 13.1. The predicted octanol–water partition coefficient (Wildman–Crippen LogP) is 14.2. The van der Waals surface area contributed by atoms with Crippen molar-refractivity contribution in [1.82, 2.24) is 0 Å². The first-order chi connectivity index (χ1) is 40.6. The zero-order chi connectivity index (χ0) is 60.1. The summed E-state index contributed by atoms with van der Waals surface area (Å²) in [5.41, 5.74) is 0. The molecule has 0 radical (unpaired) electrons. The van der Waals surface area contributed by atoms with E-state index in [1.54, 1.807) is 0 Å². The number of aliphatic hydroxyl groups excluding tert-OH is 7. The summed E-state index contributed by atoms with van der Waals surface area (Å²) < 4.78 is 34.5. The Kier molecular flexibility index (Phi) is 51.3. The van der Waals surface area contributed by atoms with E-state index in [0.717, 1.165) is 51.4 Å². The van der Waals surface area contributed by atoms with Crippen LogP contribution in [0.1, 0.15) is 284 Å². The predicted molar refractivity (Wildman–Crippen MR) is 335 cm³/mol. The zero-order valence-electron chi connectivity index (χ0n) is 52.7. The molecule has 0 saturated carbocycles. The van der Waals surface area contributed by atoms with Crippen molar-refractivity contribution >= 4 is 5.97 Å². The summed E-state index contributed by atoms with van der Waals surface area (Å²) in [6, 6.07) is 0. The molecule has 11 unspecified atom stereocenters. The van der Waals surface area contributed by atoms with Gasteiger partial charge in [-0.3, -0.25) is 4.79 Å². The minimum absolute atomic E-state index is 0.0604. The van der Waals surface area contributed by atoms with Crippen LogP contribution in [0.3, 0.4) is 0 Å². The highest BCUT2D eigenvalue weighted by molar-refractivity contribution is 5.69. The second kappa shape index (κ2) is 55.3. The number of unbranched alkanes of at least 4 members (excludes halogenated alkanes) is 35. The Balaban J connectivity index is 1.65. The first-order valence-corrected chi connectivity index (χ1v) is 34.2. The van der Waals surface area contributed by atoms with E-state index in [1.807, 2.05) is 0 Å². The van der Waals surface area contributed by atoms with Gasteiger partial charge in [-0.15, -0.1) is 0 Å². The molecule has 2 aliphatic heterocycles. The minimum Gasteiger partial charge on any atom is -0.457 e. The Labute approximate surface area is 505 Å². The highest BCUT2D eigenvalue weighted by Crippen LogP contribution is 2.27. The van der Waals surface area contributed by atoms with Crippen molar-refractivity contribution in [2.24, 2.45) is 0 Å². The van der Waals surface area contributed by atoms with Crippen LogP contribution in [0.2, 0.25) is 0 Å². The van der Waals surface area contributed by atoms with E-state index in [0.29, 0.717) is 13.0 Å². The van der Waals surface area contributed by atoms with Crippen LogP contribution in [-0.4, -0.2) is 142 Å². The molecule has 83 heavy (non-hydrogen) atoms. The van der Waals surface area contributed by atoms with Crippen molar-refractivity contribution in [3.05, 3.63) is 48.6 Å². The molecule has 2 saturated heterocycles. The third kappa shape index (κ3) is 40.9. The maximum absolute atomic E-state index is 13.1. The van der Waals surface area contributed by atoms with Crippen LogP contribution >= 0.6 is 0 Å². The fourth-order valence-corrected chi connectivity index (χ4v) is 10.8. The largest absolute Gasteiger partial charge is 0.457 e. The quantitative estimate of drug-likeness (QED) is 0.0171. The monoisotopic (exact) mass is 1180 g/mol. The summed E-state index contributed by atoms with van der Waals surface area (Å²) in [5, 5.41) is 72.6. The molecule has 11 atom stereocenters. The zero-order valence-corrected chi connectivity index (χ0v) is 52.7. The summed E-state index contributed by atoms with van der Waals surface area (Å²) in [7, 11) is 0. The van der Waals surface area contributed by atoms with Crippen LogP contribution in [0.15, 0.2) is 48.6 Å². The molecule has 0 aromatic rings. The first kappa shape index (κ1) is 77.0. The molecule has 0 bridgehead atoms. The van der Waals surface area contributed by atoms with Crippen molar-refractivity contribution in [2.45, 2.75) is 351 Å². The lowest BCUT2D eigenvalue weighted by atomic mass is 9.98. The highest BCUT2D eigenvalue weighted by Gasteiger charge is 2.47. The van der Waals surface area contributed by atoms with E-state index in [2.05, 4.69) is 62.5 Å². The van der Waals surface area contributed by atoms with Gasteiger partial charge >= 0.3 is 5.97 Å². The van der Waals surface area contributed by atoms with Gasteiger partial charge in [0, 0.05) is 13.0 Å². The number of esters is 1. The smallest absolute Gasteiger partial charge is 0.306 e. The SMILES string of the molecule is CCCCCCC/C=C\C/C=C\C/C=C\CCCCCCCCCCCCCOCC(COC1OC(COC2OC(CO)C(O)C(O)C2O)C(O)C(O)C1O)OC(=O)CCCCCCCCCCCCC/C=C\CCCCCCCCCC. The second-order valence-corrected chi connectivity index (χ2v) is 24.0. The number of carbonyl (C=O) groups excluding carboxylic acids is 1. The van der Waals surface area contributed by atoms with Gasteiger partial charge in [0.1, 0.15) is 54.9 Å². The van der Waals surface area contributed by atoms with Gasteiger partial charge in [-0.1, -0.05) is 249 Å². The maximum Gasteiger partial charge on any atom is 0.306 e. The van der Waals surface area contributed by atoms with Gasteiger partial charge in [-0.25, -0.2) is 0 Å². The number of hydrogen-bond donors (Lipinski definition) is 7. The summed E-state index contributed by atoms with van der Waals surface area (Å²) >= 11 is 0. The lowest BCUT2D eigenvalue weighted by Crippen LogP contribution is -2.61. The maximum atomic E-state index is 13.1. The number of rotatable bonds is 57. The van der Waals surface area contributed by atoms with Gasteiger partial charge in [0.15, 0.2) is 12.6 Å². The highest BCUT2D eigenvalue weighted by atomic mass is 16.7. The molecule has 2 heterocycles.